The van der Waals surface area contributed by atoms with Gasteiger partial charge in [0.2, 0.25) is 0 Å². The van der Waals surface area contributed by atoms with E-state index < -0.39 is 0 Å². The summed E-state index contributed by atoms with van der Waals surface area (Å²) < 4.78 is 5.15. The fraction of sp³-hybridized carbons (Fsp3) is 0.154. The summed E-state index contributed by atoms with van der Waals surface area (Å²) in [7, 11) is 0. The number of benzene rings is 3. The number of aliphatic hydroxyl groups excluding tert-OH is 1. The first kappa shape index (κ1) is 22.2. The SMILES string of the molecule is CCCc1nc2cccc(C(O)=S)c2n1Cc1ccc(-c2ccccc2-c2nc(=O)s[nH]2)cc1. The van der Waals surface area contributed by atoms with Crippen molar-refractivity contribution in [2.24, 2.45) is 0 Å². The summed E-state index contributed by atoms with van der Waals surface area (Å²) in [6.45, 7) is 2.75. The maximum absolute atomic E-state index is 11.6. The summed E-state index contributed by atoms with van der Waals surface area (Å²) in [5.41, 5.74) is 6.36. The van der Waals surface area contributed by atoms with E-state index in [1.54, 1.807) is 0 Å². The van der Waals surface area contributed by atoms with E-state index in [4.69, 9.17) is 17.2 Å². The zero-order chi connectivity index (χ0) is 23.7. The van der Waals surface area contributed by atoms with Gasteiger partial charge in [0.25, 0.3) is 0 Å². The number of aryl methyl sites for hydroxylation is 1. The number of nitrogens with one attached hydrogen (secondary N) is 1. The summed E-state index contributed by atoms with van der Waals surface area (Å²) in [5, 5.41) is 9.98. The lowest BCUT2D eigenvalue weighted by molar-refractivity contribution is 0.571. The van der Waals surface area contributed by atoms with Crippen LogP contribution in [-0.2, 0) is 13.0 Å². The van der Waals surface area contributed by atoms with Crippen molar-refractivity contribution < 1.29 is 5.11 Å². The van der Waals surface area contributed by atoms with Gasteiger partial charge in [-0.25, -0.2) is 4.98 Å². The molecular formula is C26H22N4O2S2. The van der Waals surface area contributed by atoms with Crippen LogP contribution in [0.3, 0.4) is 0 Å². The molecule has 3 aromatic carbocycles. The van der Waals surface area contributed by atoms with Crippen molar-refractivity contribution in [2.45, 2.75) is 26.3 Å². The average molecular weight is 487 g/mol. The summed E-state index contributed by atoms with van der Waals surface area (Å²) >= 11 is 6.09. The number of fused-ring (bicyclic) bond motifs is 1. The molecule has 6 nitrogen and oxygen atoms in total. The highest BCUT2D eigenvalue weighted by Crippen LogP contribution is 2.30. The predicted molar refractivity (Wildman–Crippen MR) is 141 cm³/mol. The Morgan fingerprint density at radius 3 is 2.47 bits per heavy atom. The van der Waals surface area contributed by atoms with Gasteiger partial charge in [-0.15, -0.1) is 0 Å². The molecule has 170 valence electrons. The first-order valence-corrected chi connectivity index (χ1v) is 12.2. The number of aromatic nitrogens is 4. The Hall–Kier alpha value is -3.62. The van der Waals surface area contributed by atoms with E-state index in [0.29, 0.717) is 17.9 Å². The predicted octanol–water partition coefficient (Wildman–Crippen LogP) is 5.75. The number of aliphatic hydroxyl groups is 1. The molecule has 0 amide bonds. The van der Waals surface area contributed by atoms with E-state index in [1.165, 1.54) is 0 Å². The lowest BCUT2D eigenvalue weighted by Gasteiger charge is -2.12. The van der Waals surface area contributed by atoms with Crippen LogP contribution in [0.15, 0.2) is 71.5 Å². The number of thiocarbonyl (C=S) groups is 1. The number of hydrogen-bond donors (Lipinski definition) is 2. The van der Waals surface area contributed by atoms with Gasteiger partial charge in [-0.05, 0) is 47.5 Å². The Morgan fingerprint density at radius 1 is 1.03 bits per heavy atom. The van der Waals surface area contributed by atoms with Gasteiger partial charge in [0.05, 0.1) is 16.6 Å². The van der Waals surface area contributed by atoms with Crippen molar-refractivity contribution >= 4 is 39.8 Å². The molecule has 0 unspecified atom stereocenters. The zero-order valence-electron chi connectivity index (χ0n) is 18.5. The van der Waals surface area contributed by atoms with E-state index in [0.717, 1.165) is 63.5 Å². The van der Waals surface area contributed by atoms with Crippen molar-refractivity contribution in [2.75, 3.05) is 0 Å². The van der Waals surface area contributed by atoms with Crippen LogP contribution in [0.5, 0.6) is 0 Å². The molecule has 0 radical (unpaired) electrons. The van der Waals surface area contributed by atoms with Crippen molar-refractivity contribution in [3.63, 3.8) is 0 Å². The average Bonchev–Trinajstić information content (AvgIpc) is 3.43. The topological polar surface area (TPSA) is 83.8 Å². The standard InChI is InChI=1S/C26H22N4O2S2/c1-2-6-22-27-21-10-5-9-20(25(31)33)23(21)30(22)15-16-11-13-17(14-12-16)18-7-3-4-8-19(18)24-28-26(32)34-29-24/h3-5,7-14H,2,6,15H2,1H3,(H,31,33)(H,28,29,32). The van der Waals surface area contributed by atoms with Gasteiger partial charge in [-0.3, -0.25) is 9.17 Å². The molecule has 0 bridgehead atoms. The van der Waals surface area contributed by atoms with Crippen LogP contribution in [0.1, 0.15) is 30.3 Å². The first-order valence-electron chi connectivity index (χ1n) is 11.0. The molecule has 0 saturated heterocycles. The molecule has 5 rings (SSSR count). The van der Waals surface area contributed by atoms with Crippen molar-refractivity contribution in [3.05, 3.63) is 93.3 Å². The monoisotopic (exact) mass is 486 g/mol. The minimum absolute atomic E-state index is 0.123. The molecule has 2 heterocycles. The number of H-pyrrole nitrogens is 1. The molecule has 0 aliphatic rings. The van der Waals surface area contributed by atoms with Crippen molar-refractivity contribution in [1.29, 1.82) is 0 Å². The van der Waals surface area contributed by atoms with Gasteiger partial charge in [0.1, 0.15) is 5.82 Å². The summed E-state index contributed by atoms with van der Waals surface area (Å²) in [4.78, 5) is 20.2. The second-order valence-electron chi connectivity index (χ2n) is 8.02. The zero-order valence-corrected chi connectivity index (χ0v) is 20.1. The molecule has 34 heavy (non-hydrogen) atoms. The molecule has 0 saturated carbocycles. The van der Waals surface area contributed by atoms with Crippen LogP contribution in [-0.4, -0.2) is 29.1 Å². The highest BCUT2D eigenvalue weighted by atomic mass is 32.1. The normalized spacial score (nSPS) is 11.2. The summed E-state index contributed by atoms with van der Waals surface area (Å²) in [6.07, 6.45) is 1.81. The third-order valence-electron chi connectivity index (χ3n) is 5.78. The molecule has 0 aliphatic heterocycles. The number of para-hydroxylation sites is 1. The number of aromatic amines is 1. The van der Waals surface area contributed by atoms with E-state index >= 15 is 0 Å². The third-order valence-corrected chi connectivity index (χ3v) is 6.56. The fourth-order valence-electron chi connectivity index (χ4n) is 4.25. The van der Waals surface area contributed by atoms with Crippen molar-refractivity contribution in [1.82, 2.24) is 18.9 Å². The maximum atomic E-state index is 11.6. The Balaban J connectivity index is 1.53. The molecule has 8 heteroatoms. The van der Waals surface area contributed by atoms with Crippen LogP contribution >= 0.6 is 23.8 Å². The van der Waals surface area contributed by atoms with Crippen LogP contribution < -0.4 is 4.87 Å². The van der Waals surface area contributed by atoms with E-state index in [-0.39, 0.29) is 9.92 Å². The Bertz CT molecular complexity index is 1550. The molecule has 0 atom stereocenters. The van der Waals surface area contributed by atoms with Crippen LogP contribution in [0.2, 0.25) is 0 Å². The lowest BCUT2D eigenvalue weighted by atomic mass is 9.98. The molecule has 2 N–H and O–H groups in total. The second-order valence-corrected chi connectivity index (χ2v) is 9.16. The van der Waals surface area contributed by atoms with Gasteiger partial charge >= 0.3 is 4.87 Å². The number of rotatable bonds is 7. The number of hydrogen-bond acceptors (Lipinski definition) is 5. The van der Waals surface area contributed by atoms with E-state index in [2.05, 4.69) is 45.1 Å². The molecule has 5 aromatic rings. The molecule has 0 aliphatic carbocycles. The van der Waals surface area contributed by atoms with E-state index in [9.17, 15) is 9.90 Å². The smallest absolute Gasteiger partial charge is 0.344 e. The number of nitrogens with zero attached hydrogens (tertiary/aromatic N) is 3. The Morgan fingerprint density at radius 2 is 1.79 bits per heavy atom. The molecule has 2 aromatic heterocycles. The quantitative estimate of drug-likeness (QED) is 0.286. The summed E-state index contributed by atoms with van der Waals surface area (Å²) in [5.74, 6) is 1.55. The molecular weight excluding hydrogens is 464 g/mol. The van der Waals surface area contributed by atoms with Crippen molar-refractivity contribution in [3.8, 4) is 22.5 Å². The van der Waals surface area contributed by atoms with Crippen LogP contribution in [0.4, 0.5) is 0 Å². The number of imidazole rings is 1. The minimum Gasteiger partial charge on any atom is -0.498 e. The lowest BCUT2D eigenvalue weighted by Crippen LogP contribution is -2.08. The van der Waals surface area contributed by atoms with E-state index in [1.807, 2.05) is 42.5 Å². The van der Waals surface area contributed by atoms with Crippen LogP contribution in [0, 0.1) is 0 Å². The van der Waals surface area contributed by atoms with Gasteiger partial charge in [-0.1, -0.05) is 61.5 Å². The summed E-state index contributed by atoms with van der Waals surface area (Å²) in [6, 6.07) is 21.9. The fourth-order valence-corrected chi connectivity index (χ4v) is 4.89. The minimum atomic E-state index is -0.239. The molecule has 0 fully saturated rings. The third kappa shape index (κ3) is 4.18. The Labute approximate surface area is 205 Å². The van der Waals surface area contributed by atoms with Gasteiger partial charge in [-0.2, -0.15) is 4.98 Å². The maximum Gasteiger partial charge on any atom is 0.344 e. The highest BCUT2D eigenvalue weighted by Gasteiger charge is 2.16. The Kier molecular flexibility index (Phi) is 6.08. The molecule has 0 spiro atoms. The van der Waals surface area contributed by atoms with Gasteiger partial charge < -0.3 is 9.67 Å². The van der Waals surface area contributed by atoms with Gasteiger partial charge in [0.15, 0.2) is 10.9 Å². The largest absolute Gasteiger partial charge is 0.498 e. The highest BCUT2D eigenvalue weighted by molar-refractivity contribution is 7.80. The van der Waals surface area contributed by atoms with Crippen LogP contribution in [0.25, 0.3) is 33.5 Å². The van der Waals surface area contributed by atoms with Gasteiger partial charge in [0, 0.05) is 30.1 Å². The first-order chi connectivity index (χ1) is 16.5. The second kappa shape index (κ2) is 9.32.